The molecule has 0 amide bonds. The van der Waals surface area contributed by atoms with E-state index in [1.54, 1.807) is 0 Å². The monoisotopic (exact) mass is 321 g/mol. The summed E-state index contributed by atoms with van der Waals surface area (Å²) in [7, 11) is 0. The van der Waals surface area contributed by atoms with Crippen LogP contribution in [0.3, 0.4) is 0 Å². The van der Waals surface area contributed by atoms with Crippen molar-refractivity contribution in [2.75, 3.05) is 11.9 Å². The van der Waals surface area contributed by atoms with Gasteiger partial charge in [0.1, 0.15) is 0 Å². The van der Waals surface area contributed by atoms with Gasteiger partial charge < -0.3 is 5.32 Å². The second kappa shape index (κ2) is 6.62. The molecular formula is C15H13BrClN. The minimum atomic E-state index is 0.771. The molecular weight excluding hydrogens is 310 g/mol. The van der Waals surface area contributed by atoms with Crippen LogP contribution >= 0.6 is 27.5 Å². The fraction of sp³-hybridized carbons (Fsp3) is 0.0667. The molecule has 0 aliphatic rings. The second-order valence-electron chi connectivity index (χ2n) is 3.81. The normalized spacial score (nSPS) is 10.8. The predicted octanol–water partition coefficient (Wildman–Crippen LogP) is 5.23. The SMILES string of the molecule is Clc1ccccc1/C=C/CNc1ccc(Br)cc1. The Balaban J connectivity index is 1.89. The quantitative estimate of drug-likeness (QED) is 0.813. The van der Waals surface area contributed by atoms with E-state index in [0.29, 0.717) is 0 Å². The van der Waals surface area contributed by atoms with Crippen LogP contribution in [0.15, 0.2) is 59.1 Å². The fourth-order valence-corrected chi connectivity index (χ4v) is 2.00. The lowest BCUT2D eigenvalue weighted by atomic mass is 10.2. The number of nitrogens with one attached hydrogen (secondary N) is 1. The summed E-state index contributed by atoms with van der Waals surface area (Å²) >= 11 is 9.47. The summed E-state index contributed by atoms with van der Waals surface area (Å²) in [6.07, 6.45) is 4.08. The Morgan fingerprint density at radius 3 is 2.50 bits per heavy atom. The van der Waals surface area contributed by atoms with Gasteiger partial charge in [0.2, 0.25) is 0 Å². The highest BCUT2D eigenvalue weighted by Crippen LogP contribution is 2.16. The molecule has 0 spiro atoms. The maximum atomic E-state index is 6.06. The lowest BCUT2D eigenvalue weighted by Gasteiger charge is -2.03. The number of rotatable bonds is 4. The summed E-state index contributed by atoms with van der Waals surface area (Å²) in [5.74, 6) is 0. The first-order chi connectivity index (χ1) is 8.75. The van der Waals surface area contributed by atoms with E-state index in [4.69, 9.17) is 11.6 Å². The summed E-state index contributed by atoms with van der Waals surface area (Å²) in [6.45, 7) is 0.771. The Kier molecular flexibility index (Phi) is 4.85. The zero-order valence-electron chi connectivity index (χ0n) is 9.74. The number of benzene rings is 2. The van der Waals surface area contributed by atoms with E-state index < -0.39 is 0 Å². The zero-order chi connectivity index (χ0) is 12.8. The van der Waals surface area contributed by atoms with Gasteiger partial charge in [0, 0.05) is 21.7 Å². The lowest BCUT2D eigenvalue weighted by Crippen LogP contribution is -1.97. The molecule has 0 bridgehead atoms. The van der Waals surface area contributed by atoms with Gasteiger partial charge in [0.25, 0.3) is 0 Å². The molecule has 3 heteroatoms. The van der Waals surface area contributed by atoms with E-state index in [0.717, 1.165) is 27.3 Å². The van der Waals surface area contributed by atoms with Crippen molar-refractivity contribution < 1.29 is 0 Å². The van der Waals surface area contributed by atoms with Crippen LogP contribution < -0.4 is 5.32 Å². The molecule has 0 fully saturated rings. The smallest absolute Gasteiger partial charge is 0.0478 e. The molecule has 0 saturated carbocycles. The van der Waals surface area contributed by atoms with Crippen LogP contribution in [-0.2, 0) is 0 Å². The maximum absolute atomic E-state index is 6.06. The van der Waals surface area contributed by atoms with Crippen LogP contribution in [0.1, 0.15) is 5.56 Å². The van der Waals surface area contributed by atoms with Crippen LogP contribution in [-0.4, -0.2) is 6.54 Å². The van der Waals surface area contributed by atoms with Gasteiger partial charge in [-0.15, -0.1) is 0 Å². The molecule has 2 rings (SSSR count). The highest BCUT2D eigenvalue weighted by atomic mass is 79.9. The summed E-state index contributed by atoms with van der Waals surface area (Å²) < 4.78 is 1.08. The largest absolute Gasteiger partial charge is 0.382 e. The number of anilines is 1. The van der Waals surface area contributed by atoms with Gasteiger partial charge in [0.15, 0.2) is 0 Å². The van der Waals surface area contributed by atoms with Crippen molar-refractivity contribution in [3.8, 4) is 0 Å². The summed E-state index contributed by atoms with van der Waals surface area (Å²) in [5, 5.41) is 4.09. The Hall–Kier alpha value is -1.25. The van der Waals surface area contributed by atoms with Crippen molar-refractivity contribution in [2.45, 2.75) is 0 Å². The van der Waals surface area contributed by atoms with Crippen molar-refractivity contribution in [1.82, 2.24) is 0 Å². The molecule has 0 radical (unpaired) electrons. The van der Waals surface area contributed by atoms with Gasteiger partial charge in [-0.05, 0) is 35.9 Å². The molecule has 0 atom stereocenters. The van der Waals surface area contributed by atoms with Crippen molar-refractivity contribution in [2.24, 2.45) is 0 Å². The predicted molar refractivity (Wildman–Crippen MR) is 83.1 cm³/mol. The van der Waals surface area contributed by atoms with Gasteiger partial charge in [-0.2, -0.15) is 0 Å². The molecule has 0 unspecified atom stereocenters. The third-order valence-corrected chi connectivity index (χ3v) is 3.34. The first-order valence-corrected chi connectivity index (χ1v) is 6.83. The van der Waals surface area contributed by atoms with E-state index in [9.17, 15) is 0 Å². The molecule has 1 nitrogen and oxygen atoms in total. The van der Waals surface area contributed by atoms with Gasteiger partial charge in [-0.1, -0.05) is 57.9 Å². The van der Waals surface area contributed by atoms with E-state index in [-0.39, 0.29) is 0 Å². The molecule has 0 aliphatic carbocycles. The van der Waals surface area contributed by atoms with Crippen LogP contribution in [0.5, 0.6) is 0 Å². The van der Waals surface area contributed by atoms with Crippen molar-refractivity contribution >= 4 is 39.3 Å². The van der Waals surface area contributed by atoms with Gasteiger partial charge in [0.05, 0.1) is 0 Å². The lowest BCUT2D eigenvalue weighted by molar-refractivity contribution is 1.34. The van der Waals surface area contributed by atoms with Crippen LogP contribution in [0, 0.1) is 0 Å². The van der Waals surface area contributed by atoms with Crippen LogP contribution in [0.25, 0.3) is 6.08 Å². The van der Waals surface area contributed by atoms with Gasteiger partial charge in [-0.25, -0.2) is 0 Å². The fourth-order valence-electron chi connectivity index (χ4n) is 1.54. The van der Waals surface area contributed by atoms with E-state index >= 15 is 0 Å². The van der Waals surface area contributed by atoms with Crippen molar-refractivity contribution in [3.63, 3.8) is 0 Å². The first kappa shape index (κ1) is 13.2. The third kappa shape index (κ3) is 3.90. The zero-order valence-corrected chi connectivity index (χ0v) is 12.1. The maximum Gasteiger partial charge on any atom is 0.0478 e. The second-order valence-corrected chi connectivity index (χ2v) is 5.13. The Morgan fingerprint density at radius 2 is 1.78 bits per heavy atom. The average molecular weight is 323 g/mol. The molecule has 2 aromatic rings. The molecule has 0 saturated heterocycles. The van der Waals surface area contributed by atoms with Crippen molar-refractivity contribution in [3.05, 3.63) is 69.7 Å². The minimum absolute atomic E-state index is 0.771. The van der Waals surface area contributed by atoms with Crippen molar-refractivity contribution in [1.29, 1.82) is 0 Å². The molecule has 0 heterocycles. The Labute approximate surface area is 121 Å². The van der Waals surface area contributed by atoms with Crippen LogP contribution in [0.4, 0.5) is 5.69 Å². The topological polar surface area (TPSA) is 12.0 Å². The third-order valence-electron chi connectivity index (χ3n) is 2.47. The highest BCUT2D eigenvalue weighted by Gasteiger charge is 1.93. The summed E-state index contributed by atoms with van der Waals surface area (Å²) in [5.41, 5.74) is 2.14. The highest BCUT2D eigenvalue weighted by molar-refractivity contribution is 9.10. The average Bonchev–Trinajstić information content (AvgIpc) is 2.39. The van der Waals surface area contributed by atoms with E-state index in [1.807, 2.05) is 54.6 Å². The number of hydrogen-bond donors (Lipinski definition) is 1. The Bertz CT molecular complexity index is 534. The Morgan fingerprint density at radius 1 is 1.06 bits per heavy atom. The van der Waals surface area contributed by atoms with E-state index in [2.05, 4.69) is 27.3 Å². The first-order valence-electron chi connectivity index (χ1n) is 5.66. The van der Waals surface area contributed by atoms with Crippen LogP contribution in [0.2, 0.25) is 5.02 Å². The van der Waals surface area contributed by atoms with Gasteiger partial charge >= 0.3 is 0 Å². The molecule has 1 N–H and O–H groups in total. The number of hydrogen-bond acceptors (Lipinski definition) is 1. The summed E-state index contributed by atoms with van der Waals surface area (Å²) in [6, 6.07) is 15.9. The minimum Gasteiger partial charge on any atom is -0.382 e. The molecule has 18 heavy (non-hydrogen) atoms. The van der Waals surface area contributed by atoms with Gasteiger partial charge in [-0.3, -0.25) is 0 Å². The van der Waals surface area contributed by atoms with E-state index in [1.165, 1.54) is 0 Å². The number of halogens is 2. The summed E-state index contributed by atoms with van der Waals surface area (Å²) in [4.78, 5) is 0. The molecule has 92 valence electrons. The molecule has 0 aromatic heterocycles. The standard InChI is InChI=1S/C15H13BrClN/c16-13-7-9-14(10-8-13)18-11-3-5-12-4-1-2-6-15(12)17/h1-10,18H,11H2/b5-3+. The molecule has 2 aromatic carbocycles. The molecule has 0 aliphatic heterocycles.